The predicted octanol–water partition coefficient (Wildman–Crippen LogP) is 4.94. The van der Waals surface area contributed by atoms with Gasteiger partial charge >= 0.3 is 0 Å². The summed E-state index contributed by atoms with van der Waals surface area (Å²) in [4.78, 5) is 0. The molecule has 0 bridgehead atoms. The standard InChI is InChI=1S/C15H12Cl2F2O2/c1-20-14-5-11(17)4-10(7-16)15(14)21-8-9-2-12(18)6-13(19)3-9/h2-6H,7-8H2,1H3. The van der Waals surface area contributed by atoms with Gasteiger partial charge in [-0.15, -0.1) is 11.6 Å². The Balaban J connectivity index is 2.26. The molecule has 0 aliphatic rings. The van der Waals surface area contributed by atoms with Gasteiger partial charge in [-0.2, -0.15) is 0 Å². The Kier molecular flexibility index (Phi) is 5.26. The summed E-state index contributed by atoms with van der Waals surface area (Å²) in [6.45, 7) is -0.0173. The first-order chi connectivity index (χ1) is 10.0. The van der Waals surface area contributed by atoms with Crippen LogP contribution in [-0.2, 0) is 12.5 Å². The summed E-state index contributed by atoms with van der Waals surface area (Å²) in [6.07, 6.45) is 0. The molecule has 0 aliphatic carbocycles. The van der Waals surface area contributed by atoms with Crippen molar-refractivity contribution in [1.29, 1.82) is 0 Å². The van der Waals surface area contributed by atoms with Crippen LogP contribution in [0, 0.1) is 11.6 Å². The van der Waals surface area contributed by atoms with Crippen LogP contribution >= 0.6 is 23.2 Å². The first kappa shape index (κ1) is 15.9. The Labute approximate surface area is 131 Å². The molecule has 0 heterocycles. The third-order valence-corrected chi connectivity index (χ3v) is 3.27. The molecule has 6 heteroatoms. The molecule has 0 aliphatic heterocycles. The van der Waals surface area contributed by atoms with Gasteiger partial charge in [0.25, 0.3) is 0 Å². The molecule has 0 spiro atoms. The van der Waals surface area contributed by atoms with E-state index in [2.05, 4.69) is 0 Å². The molecule has 0 fully saturated rings. The van der Waals surface area contributed by atoms with Crippen molar-refractivity contribution in [3.63, 3.8) is 0 Å². The molecule has 0 amide bonds. The van der Waals surface area contributed by atoms with Crippen molar-refractivity contribution in [3.05, 3.63) is 58.1 Å². The molecule has 21 heavy (non-hydrogen) atoms. The van der Waals surface area contributed by atoms with Crippen molar-refractivity contribution >= 4 is 23.2 Å². The fourth-order valence-corrected chi connectivity index (χ4v) is 2.32. The number of methoxy groups -OCH3 is 1. The Morgan fingerprint density at radius 2 is 1.71 bits per heavy atom. The third kappa shape index (κ3) is 3.99. The molecular weight excluding hydrogens is 321 g/mol. The topological polar surface area (TPSA) is 18.5 Å². The van der Waals surface area contributed by atoms with Gasteiger partial charge in [0.05, 0.1) is 13.0 Å². The fraction of sp³-hybridized carbons (Fsp3) is 0.200. The zero-order valence-corrected chi connectivity index (χ0v) is 12.6. The van der Waals surface area contributed by atoms with E-state index < -0.39 is 11.6 Å². The second-order valence-corrected chi connectivity index (χ2v) is 5.00. The summed E-state index contributed by atoms with van der Waals surface area (Å²) in [5, 5.41) is 0.464. The lowest BCUT2D eigenvalue weighted by molar-refractivity contribution is 0.281. The summed E-state index contributed by atoms with van der Waals surface area (Å²) in [7, 11) is 1.47. The van der Waals surface area contributed by atoms with Crippen LogP contribution in [0.5, 0.6) is 11.5 Å². The summed E-state index contributed by atoms with van der Waals surface area (Å²) in [5.74, 6) is -0.330. The highest BCUT2D eigenvalue weighted by atomic mass is 35.5. The van der Waals surface area contributed by atoms with Gasteiger partial charge in [0, 0.05) is 22.7 Å². The number of halogens is 4. The number of alkyl halides is 1. The molecule has 0 unspecified atom stereocenters. The molecule has 0 atom stereocenters. The Morgan fingerprint density at radius 1 is 1.05 bits per heavy atom. The summed E-state index contributed by atoms with van der Waals surface area (Å²) in [6, 6.07) is 6.44. The third-order valence-electron chi connectivity index (χ3n) is 2.77. The van der Waals surface area contributed by atoms with E-state index in [1.165, 1.54) is 19.2 Å². The van der Waals surface area contributed by atoms with Crippen molar-refractivity contribution in [3.8, 4) is 11.5 Å². The van der Waals surface area contributed by atoms with Crippen molar-refractivity contribution in [2.45, 2.75) is 12.5 Å². The number of hydrogen-bond donors (Lipinski definition) is 0. The molecule has 2 rings (SSSR count). The molecule has 0 radical (unpaired) electrons. The van der Waals surface area contributed by atoms with E-state index in [9.17, 15) is 8.78 Å². The van der Waals surface area contributed by atoms with E-state index in [1.807, 2.05) is 0 Å². The number of hydrogen-bond acceptors (Lipinski definition) is 2. The maximum atomic E-state index is 13.1. The fourth-order valence-electron chi connectivity index (χ4n) is 1.89. The zero-order valence-electron chi connectivity index (χ0n) is 11.1. The lowest BCUT2D eigenvalue weighted by atomic mass is 10.2. The monoisotopic (exact) mass is 332 g/mol. The Morgan fingerprint density at radius 3 is 2.29 bits per heavy atom. The Hall–Kier alpha value is -1.52. The molecular formula is C15H12Cl2F2O2. The summed E-state index contributed by atoms with van der Waals surface area (Å²) >= 11 is 11.8. The minimum absolute atomic E-state index is 0.0173. The van der Waals surface area contributed by atoms with E-state index in [1.54, 1.807) is 12.1 Å². The molecule has 0 N–H and O–H groups in total. The lowest BCUT2D eigenvalue weighted by Crippen LogP contribution is -2.01. The molecule has 2 nitrogen and oxygen atoms in total. The highest BCUT2D eigenvalue weighted by Gasteiger charge is 2.13. The van der Waals surface area contributed by atoms with E-state index in [0.29, 0.717) is 27.6 Å². The van der Waals surface area contributed by atoms with Crippen LogP contribution in [0.1, 0.15) is 11.1 Å². The first-order valence-corrected chi connectivity index (χ1v) is 6.95. The zero-order chi connectivity index (χ0) is 15.4. The SMILES string of the molecule is COc1cc(Cl)cc(CCl)c1OCc1cc(F)cc(F)c1. The highest BCUT2D eigenvalue weighted by molar-refractivity contribution is 6.31. The van der Waals surface area contributed by atoms with Gasteiger partial charge in [-0.05, 0) is 23.8 Å². The maximum Gasteiger partial charge on any atom is 0.166 e. The summed E-state index contributed by atoms with van der Waals surface area (Å²) in [5.41, 5.74) is 1.00. The van der Waals surface area contributed by atoms with E-state index in [-0.39, 0.29) is 12.5 Å². The van der Waals surface area contributed by atoms with Gasteiger partial charge in [0.2, 0.25) is 0 Å². The van der Waals surface area contributed by atoms with E-state index >= 15 is 0 Å². The molecule has 0 saturated carbocycles. The normalized spacial score (nSPS) is 10.5. The number of benzene rings is 2. The van der Waals surface area contributed by atoms with Crippen molar-refractivity contribution < 1.29 is 18.3 Å². The minimum Gasteiger partial charge on any atom is -0.493 e. The van der Waals surface area contributed by atoms with Crippen molar-refractivity contribution in [2.24, 2.45) is 0 Å². The molecule has 2 aromatic carbocycles. The van der Waals surface area contributed by atoms with Gasteiger partial charge in [-0.3, -0.25) is 0 Å². The van der Waals surface area contributed by atoms with Crippen LogP contribution in [0.15, 0.2) is 30.3 Å². The van der Waals surface area contributed by atoms with Crippen molar-refractivity contribution in [1.82, 2.24) is 0 Å². The molecule has 2 aromatic rings. The van der Waals surface area contributed by atoms with Gasteiger partial charge in [0.1, 0.15) is 18.2 Å². The largest absolute Gasteiger partial charge is 0.493 e. The Bertz CT molecular complexity index is 602. The van der Waals surface area contributed by atoms with E-state index in [4.69, 9.17) is 32.7 Å². The quantitative estimate of drug-likeness (QED) is 0.721. The van der Waals surface area contributed by atoms with Gasteiger partial charge in [-0.1, -0.05) is 11.6 Å². The van der Waals surface area contributed by atoms with Crippen LogP contribution < -0.4 is 9.47 Å². The van der Waals surface area contributed by atoms with Gasteiger partial charge in [-0.25, -0.2) is 8.78 Å². The second-order valence-electron chi connectivity index (χ2n) is 4.30. The average Bonchev–Trinajstić information content (AvgIpc) is 2.43. The van der Waals surface area contributed by atoms with Gasteiger partial charge in [0.15, 0.2) is 11.5 Å². The smallest absolute Gasteiger partial charge is 0.166 e. The van der Waals surface area contributed by atoms with Crippen LogP contribution in [0.25, 0.3) is 0 Å². The van der Waals surface area contributed by atoms with Crippen LogP contribution in [0.4, 0.5) is 8.78 Å². The maximum absolute atomic E-state index is 13.1. The predicted molar refractivity (Wildman–Crippen MR) is 78.3 cm³/mol. The minimum atomic E-state index is -0.658. The van der Waals surface area contributed by atoms with E-state index in [0.717, 1.165) is 6.07 Å². The second kappa shape index (κ2) is 6.96. The summed E-state index contributed by atoms with van der Waals surface area (Å²) < 4.78 is 37.1. The average molecular weight is 333 g/mol. The number of rotatable bonds is 5. The van der Waals surface area contributed by atoms with Crippen LogP contribution in [0.2, 0.25) is 5.02 Å². The molecule has 0 saturated heterocycles. The highest BCUT2D eigenvalue weighted by Crippen LogP contribution is 2.36. The van der Waals surface area contributed by atoms with Crippen LogP contribution in [-0.4, -0.2) is 7.11 Å². The van der Waals surface area contributed by atoms with Crippen LogP contribution in [0.3, 0.4) is 0 Å². The molecule has 112 valence electrons. The molecule has 0 aromatic heterocycles. The van der Waals surface area contributed by atoms with Crippen molar-refractivity contribution in [2.75, 3.05) is 7.11 Å². The lowest BCUT2D eigenvalue weighted by Gasteiger charge is -2.14. The van der Waals surface area contributed by atoms with Gasteiger partial charge < -0.3 is 9.47 Å². The number of ether oxygens (including phenoxy) is 2. The first-order valence-electron chi connectivity index (χ1n) is 6.03.